The highest BCUT2D eigenvalue weighted by molar-refractivity contribution is 6.34. The first-order chi connectivity index (χ1) is 11.8. The second kappa shape index (κ2) is 6.69. The number of hydrogen-bond donors (Lipinski definition) is 1. The minimum Gasteiger partial charge on any atom is -0.350 e. The SMILES string of the molecule is CC(=O)Cc1ccc(NC(=O)c2cn(C)c3cc(F)ccc23)c(Cl)c1. The van der Waals surface area contributed by atoms with Crippen molar-refractivity contribution < 1.29 is 14.0 Å². The topological polar surface area (TPSA) is 51.1 Å². The molecule has 6 heteroatoms. The van der Waals surface area contributed by atoms with Crippen LogP contribution in [0.15, 0.2) is 42.6 Å². The van der Waals surface area contributed by atoms with Crippen LogP contribution in [-0.4, -0.2) is 16.3 Å². The Morgan fingerprint density at radius 3 is 2.64 bits per heavy atom. The Kier molecular flexibility index (Phi) is 4.59. The number of hydrogen-bond acceptors (Lipinski definition) is 2. The fraction of sp³-hybridized carbons (Fsp3) is 0.158. The minimum atomic E-state index is -0.357. The number of amides is 1. The summed E-state index contributed by atoms with van der Waals surface area (Å²) >= 11 is 6.21. The normalized spacial score (nSPS) is 10.9. The molecule has 0 saturated carbocycles. The summed E-state index contributed by atoms with van der Waals surface area (Å²) in [5.41, 5.74) is 2.31. The van der Waals surface area contributed by atoms with Gasteiger partial charge in [-0.3, -0.25) is 9.59 Å². The number of benzene rings is 2. The first-order valence-corrected chi connectivity index (χ1v) is 8.07. The van der Waals surface area contributed by atoms with E-state index < -0.39 is 0 Å². The molecule has 0 spiro atoms. The number of nitrogens with one attached hydrogen (secondary N) is 1. The zero-order chi connectivity index (χ0) is 18.1. The predicted octanol–water partition coefficient (Wildman–Crippen LogP) is 4.35. The number of carbonyl (C=O) groups is 2. The third-order valence-electron chi connectivity index (χ3n) is 3.93. The van der Waals surface area contributed by atoms with Crippen LogP contribution in [0, 0.1) is 5.82 Å². The molecule has 2 aromatic carbocycles. The van der Waals surface area contributed by atoms with Crippen molar-refractivity contribution in [3.8, 4) is 0 Å². The molecule has 0 bridgehead atoms. The lowest BCUT2D eigenvalue weighted by molar-refractivity contribution is -0.116. The molecule has 4 nitrogen and oxygen atoms in total. The molecule has 1 heterocycles. The van der Waals surface area contributed by atoms with E-state index in [2.05, 4.69) is 5.32 Å². The largest absolute Gasteiger partial charge is 0.350 e. The summed E-state index contributed by atoms with van der Waals surface area (Å²) in [4.78, 5) is 23.8. The number of halogens is 2. The van der Waals surface area contributed by atoms with E-state index in [-0.39, 0.29) is 17.5 Å². The number of ketones is 1. The number of fused-ring (bicyclic) bond motifs is 1. The van der Waals surface area contributed by atoms with E-state index in [0.717, 1.165) is 5.56 Å². The van der Waals surface area contributed by atoms with Crippen LogP contribution in [0.5, 0.6) is 0 Å². The Morgan fingerprint density at radius 2 is 1.96 bits per heavy atom. The average molecular weight is 359 g/mol. The van der Waals surface area contributed by atoms with Crippen molar-refractivity contribution in [3.63, 3.8) is 0 Å². The Labute approximate surface area is 149 Å². The molecule has 3 rings (SSSR count). The van der Waals surface area contributed by atoms with Crippen LogP contribution < -0.4 is 5.32 Å². The van der Waals surface area contributed by atoms with Crippen molar-refractivity contribution in [2.45, 2.75) is 13.3 Å². The van der Waals surface area contributed by atoms with Gasteiger partial charge >= 0.3 is 0 Å². The standard InChI is InChI=1S/C19H16ClFN2O2/c1-11(24)7-12-3-6-17(16(20)8-12)22-19(25)15-10-23(2)18-9-13(21)4-5-14(15)18/h3-6,8-10H,7H2,1-2H3,(H,22,25). The molecule has 1 N–H and O–H groups in total. The Balaban J connectivity index is 1.89. The van der Waals surface area contributed by atoms with Crippen molar-refractivity contribution in [1.82, 2.24) is 4.57 Å². The van der Waals surface area contributed by atoms with Gasteiger partial charge in [0.15, 0.2) is 0 Å². The highest BCUT2D eigenvalue weighted by Gasteiger charge is 2.16. The summed E-state index contributed by atoms with van der Waals surface area (Å²) in [6, 6.07) is 9.37. The molecule has 0 aliphatic carbocycles. The molecule has 1 amide bonds. The number of Topliss-reactive ketones (excluding diaryl/α,β-unsaturated/α-hetero) is 1. The molecule has 128 valence electrons. The second-order valence-corrected chi connectivity index (χ2v) is 6.37. The summed E-state index contributed by atoms with van der Waals surface area (Å²) in [5.74, 6) is -0.654. The van der Waals surface area contributed by atoms with E-state index in [1.807, 2.05) is 0 Å². The van der Waals surface area contributed by atoms with Gasteiger partial charge < -0.3 is 9.88 Å². The summed E-state index contributed by atoms with van der Waals surface area (Å²) in [7, 11) is 1.75. The maximum Gasteiger partial charge on any atom is 0.257 e. The molecule has 0 saturated heterocycles. The number of rotatable bonds is 4. The number of aryl methyl sites for hydroxylation is 1. The molecule has 0 aliphatic heterocycles. The van der Waals surface area contributed by atoms with E-state index >= 15 is 0 Å². The zero-order valence-electron chi connectivity index (χ0n) is 13.8. The number of nitrogens with zero attached hydrogens (tertiary/aromatic N) is 1. The van der Waals surface area contributed by atoms with Gasteiger partial charge in [0, 0.05) is 25.1 Å². The first-order valence-electron chi connectivity index (χ1n) is 7.69. The zero-order valence-corrected chi connectivity index (χ0v) is 14.5. The second-order valence-electron chi connectivity index (χ2n) is 5.96. The van der Waals surface area contributed by atoms with Gasteiger partial charge in [0.1, 0.15) is 11.6 Å². The summed E-state index contributed by atoms with van der Waals surface area (Å²) in [6.07, 6.45) is 1.94. The highest BCUT2D eigenvalue weighted by Crippen LogP contribution is 2.26. The molecule has 1 aromatic heterocycles. The first kappa shape index (κ1) is 17.2. The fourth-order valence-electron chi connectivity index (χ4n) is 2.79. The maximum atomic E-state index is 13.4. The minimum absolute atomic E-state index is 0.0378. The summed E-state index contributed by atoms with van der Waals surface area (Å²) in [5, 5.41) is 3.78. The van der Waals surface area contributed by atoms with E-state index in [9.17, 15) is 14.0 Å². The Bertz CT molecular complexity index is 994. The van der Waals surface area contributed by atoms with Crippen LogP contribution in [0.4, 0.5) is 10.1 Å². The van der Waals surface area contributed by atoms with E-state index in [1.165, 1.54) is 19.1 Å². The molecule has 0 aliphatic rings. The molecule has 0 unspecified atom stereocenters. The van der Waals surface area contributed by atoms with Gasteiger partial charge in [-0.1, -0.05) is 17.7 Å². The van der Waals surface area contributed by atoms with E-state index in [4.69, 9.17) is 11.6 Å². The van der Waals surface area contributed by atoms with Crippen LogP contribution in [-0.2, 0) is 18.3 Å². The molecule has 25 heavy (non-hydrogen) atoms. The smallest absolute Gasteiger partial charge is 0.257 e. The lowest BCUT2D eigenvalue weighted by atomic mass is 10.1. The van der Waals surface area contributed by atoms with Crippen molar-refractivity contribution in [2.24, 2.45) is 7.05 Å². The van der Waals surface area contributed by atoms with Crippen molar-refractivity contribution >= 4 is 39.9 Å². The lowest BCUT2D eigenvalue weighted by Gasteiger charge is -2.08. The predicted molar refractivity (Wildman–Crippen MR) is 96.7 cm³/mol. The molecule has 0 atom stereocenters. The van der Waals surface area contributed by atoms with Crippen LogP contribution in [0.1, 0.15) is 22.8 Å². The molecule has 0 fully saturated rings. The third-order valence-corrected chi connectivity index (χ3v) is 4.24. The lowest BCUT2D eigenvalue weighted by Crippen LogP contribution is -2.12. The monoisotopic (exact) mass is 358 g/mol. The van der Waals surface area contributed by atoms with Crippen LogP contribution in [0.2, 0.25) is 5.02 Å². The van der Waals surface area contributed by atoms with Crippen LogP contribution in [0.3, 0.4) is 0 Å². The van der Waals surface area contributed by atoms with Gasteiger partial charge in [0.25, 0.3) is 5.91 Å². The van der Waals surface area contributed by atoms with Crippen molar-refractivity contribution in [2.75, 3.05) is 5.32 Å². The highest BCUT2D eigenvalue weighted by atomic mass is 35.5. The van der Waals surface area contributed by atoms with E-state index in [0.29, 0.717) is 33.6 Å². The summed E-state index contributed by atoms with van der Waals surface area (Å²) in [6.45, 7) is 1.51. The summed E-state index contributed by atoms with van der Waals surface area (Å²) < 4.78 is 15.1. The van der Waals surface area contributed by atoms with Crippen molar-refractivity contribution in [3.05, 3.63) is 64.6 Å². The number of aromatic nitrogens is 1. The molecular formula is C19H16ClFN2O2. The van der Waals surface area contributed by atoms with Gasteiger partial charge in [-0.25, -0.2) is 4.39 Å². The van der Waals surface area contributed by atoms with Crippen LogP contribution >= 0.6 is 11.6 Å². The van der Waals surface area contributed by atoms with Crippen molar-refractivity contribution in [1.29, 1.82) is 0 Å². The molecule has 0 radical (unpaired) electrons. The van der Waals surface area contributed by atoms with Gasteiger partial charge in [0.05, 0.1) is 21.8 Å². The molecular weight excluding hydrogens is 343 g/mol. The Hall–Kier alpha value is -2.66. The number of anilines is 1. The van der Waals surface area contributed by atoms with Gasteiger partial charge in [0.2, 0.25) is 0 Å². The average Bonchev–Trinajstić information content (AvgIpc) is 2.86. The van der Waals surface area contributed by atoms with Gasteiger partial charge in [-0.15, -0.1) is 0 Å². The van der Waals surface area contributed by atoms with Gasteiger partial charge in [-0.2, -0.15) is 0 Å². The number of carbonyl (C=O) groups excluding carboxylic acids is 2. The quantitative estimate of drug-likeness (QED) is 0.753. The third kappa shape index (κ3) is 3.56. The van der Waals surface area contributed by atoms with Gasteiger partial charge in [-0.05, 0) is 42.8 Å². The molecule has 3 aromatic rings. The Morgan fingerprint density at radius 1 is 1.20 bits per heavy atom. The van der Waals surface area contributed by atoms with Crippen LogP contribution in [0.25, 0.3) is 10.9 Å². The van der Waals surface area contributed by atoms with E-state index in [1.54, 1.807) is 42.1 Å². The maximum absolute atomic E-state index is 13.4. The fourth-order valence-corrected chi connectivity index (χ4v) is 3.04.